The molecule has 16 heavy (non-hydrogen) atoms. The van der Waals surface area contributed by atoms with Gasteiger partial charge >= 0.3 is 0 Å². The van der Waals surface area contributed by atoms with Crippen molar-refractivity contribution in [1.29, 1.82) is 0 Å². The van der Waals surface area contributed by atoms with E-state index < -0.39 is 0 Å². The molecule has 0 aliphatic carbocycles. The molecule has 3 rings (SSSR count). The number of hydrogen-bond acceptors (Lipinski definition) is 3. The van der Waals surface area contributed by atoms with Crippen LogP contribution in [0.5, 0.6) is 0 Å². The summed E-state index contributed by atoms with van der Waals surface area (Å²) >= 11 is 0. The van der Waals surface area contributed by atoms with E-state index in [-0.39, 0.29) is 0 Å². The van der Waals surface area contributed by atoms with Gasteiger partial charge in [0.05, 0.1) is 5.69 Å². The van der Waals surface area contributed by atoms with Crippen LogP contribution in [0.4, 0.5) is 0 Å². The summed E-state index contributed by atoms with van der Waals surface area (Å²) < 4.78 is 5.33. The highest BCUT2D eigenvalue weighted by Gasteiger charge is 2.19. The molecule has 3 heterocycles. The summed E-state index contributed by atoms with van der Waals surface area (Å²) in [4.78, 5) is 7.62. The minimum Gasteiger partial charge on any atom is -0.381 e. The van der Waals surface area contributed by atoms with Crippen molar-refractivity contribution in [2.24, 2.45) is 0 Å². The van der Waals surface area contributed by atoms with Gasteiger partial charge in [0, 0.05) is 25.3 Å². The van der Waals surface area contributed by atoms with Crippen LogP contribution in [0.2, 0.25) is 0 Å². The molecule has 2 N–H and O–H groups in total. The third kappa shape index (κ3) is 1.74. The van der Waals surface area contributed by atoms with Crippen molar-refractivity contribution in [1.82, 2.24) is 20.2 Å². The Hall–Kier alpha value is -1.62. The average molecular weight is 218 g/mol. The second-order valence-corrected chi connectivity index (χ2v) is 4.01. The maximum atomic E-state index is 5.33. The average Bonchev–Trinajstić information content (AvgIpc) is 3.01. The third-order valence-electron chi connectivity index (χ3n) is 2.95. The van der Waals surface area contributed by atoms with E-state index >= 15 is 0 Å². The second kappa shape index (κ2) is 4.09. The number of H-pyrrole nitrogens is 2. The smallest absolute Gasteiger partial charge is 0.197 e. The maximum Gasteiger partial charge on any atom is 0.197 e. The molecule has 0 spiro atoms. The molecule has 1 saturated heterocycles. The lowest BCUT2D eigenvalue weighted by Gasteiger charge is -2.19. The summed E-state index contributed by atoms with van der Waals surface area (Å²) in [6, 6.07) is 3.91. The van der Waals surface area contributed by atoms with Crippen LogP contribution in [0.15, 0.2) is 18.3 Å². The first-order chi connectivity index (χ1) is 7.93. The molecule has 0 unspecified atom stereocenters. The van der Waals surface area contributed by atoms with Crippen LogP contribution in [-0.4, -0.2) is 33.4 Å². The largest absolute Gasteiger partial charge is 0.381 e. The van der Waals surface area contributed by atoms with E-state index in [1.54, 1.807) is 0 Å². The standard InChI is InChI=1S/C11H14N4O/c1-2-9(12-5-1)11-13-10(14-15-11)8-3-6-16-7-4-8/h1-2,5,8,12H,3-4,6-7H2,(H,13,14,15). The monoisotopic (exact) mass is 218 g/mol. The van der Waals surface area contributed by atoms with Crippen molar-refractivity contribution >= 4 is 0 Å². The zero-order chi connectivity index (χ0) is 10.8. The normalized spacial score (nSPS) is 17.8. The van der Waals surface area contributed by atoms with Crippen LogP contribution in [-0.2, 0) is 4.74 Å². The van der Waals surface area contributed by atoms with Gasteiger partial charge in [-0.1, -0.05) is 0 Å². The first-order valence-electron chi connectivity index (χ1n) is 5.57. The highest BCUT2D eigenvalue weighted by Crippen LogP contribution is 2.25. The number of rotatable bonds is 2. The zero-order valence-electron chi connectivity index (χ0n) is 8.94. The van der Waals surface area contributed by atoms with Gasteiger partial charge in [-0.05, 0) is 25.0 Å². The van der Waals surface area contributed by atoms with E-state index in [4.69, 9.17) is 4.74 Å². The molecule has 0 saturated carbocycles. The first kappa shape index (κ1) is 9.59. The fourth-order valence-corrected chi connectivity index (χ4v) is 2.02. The van der Waals surface area contributed by atoms with Crippen LogP contribution in [0.1, 0.15) is 24.6 Å². The van der Waals surface area contributed by atoms with E-state index in [2.05, 4.69) is 20.2 Å². The Morgan fingerprint density at radius 3 is 2.94 bits per heavy atom. The third-order valence-corrected chi connectivity index (χ3v) is 2.95. The number of aromatic amines is 2. The summed E-state index contributed by atoms with van der Waals surface area (Å²) in [5.41, 5.74) is 0.953. The zero-order valence-corrected chi connectivity index (χ0v) is 8.94. The molecule has 0 bridgehead atoms. The van der Waals surface area contributed by atoms with Gasteiger partial charge in [-0.25, -0.2) is 4.98 Å². The number of nitrogens with zero attached hydrogens (tertiary/aromatic N) is 2. The fourth-order valence-electron chi connectivity index (χ4n) is 2.02. The molecule has 1 aliphatic rings. The van der Waals surface area contributed by atoms with E-state index in [1.807, 2.05) is 18.3 Å². The summed E-state index contributed by atoms with van der Waals surface area (Å²) in [7, 11) is 0. The molecule has 2 aromatic heterocycles. The lowest BCUT2D eigenvalue weighted by atomic mass is 10.00. The van der Waals surface area contributed by atoms with Crippen LogP contribution < -0.4 is 0 Å². The van der Waals surface area contributed by atoms with Crippen molar-refractivity contribution in [3.63, 3.8) is 0 Å². The number of nitrogens with one attached hydrogen (secondary N) is 2. The molecule has 0 atom stereocenters. The molecular weight excluding hydrogens is 204 g/mol. The van der Waals surface area contributed by atoms with Crippen LogP contribution in [0.25, 0.3) is 11.5 Å². The van der Waals surface area contributed by atoms with E-state index in [0.29, 0.717) is 5.92 Å². The van der Waals surface area contributed by atoms with Gasteiger partial charge in [0.15, 0.2) is 5.82 Å². The predicted molar refractivity (Wildman–Crippen MR) is 59.0 cm³/mol. The van der Waals surface area contributed by atoms with Crippen molar-refractivity contribution in [3.05, 3.63) is 24.2 Å². The molecule has 1 fully saturated rings. The van der Waals surface area contributed by atoms with Crippen molar-refractivity contribution in [2.45, 2.75) is 18.8 Å². The summed E-state index contributed by atoms with van der Waals surface area (Å²) in [6.07, 6.45) is 3.93. The van der Waals surface area contributed by atoms with Gasteiger partial charge in [0.2, 0.25) is 0 Å². The van der Waals surface area contributed by atoms with Crippen molar-refractivity contribution in [3.8, 4) is 11.5 Å². The summed E-state index contributed by atoms with van der Waals surface area (Å²) in [5.74, 6) is 2.18. The van der Waals surface area contributed by atoms with Crippen LogP contribution >= 0.6 is 0 Å². The lowest BCUT2D eigenvalue weighted by molar-refractivity contribution is 0.0836. The van der Waals surface area contributed by atoms with Gasteiger partial charge in [-0.15, -0.1) is 0 Å². The van der Waals surface area contributed by atoms with Gasteiger partial charge in [-0.2, -0.15) is 5.10 Å². The van der Waals surface area contributed by atoms with E-state index in [0.717, 1.165) is 43.4 Å². The molecule has 2 aromatic rings. The van der Waals surface area contributed by atoms with E-state index in [9.17, 15) is 0 Å². The predicted octanol–water partition coefficient (Wildman–Crippen LogP) is 1.69. The minimum atomic E-state index is 0.463. The highest BCUT2D eigenvalue weighted by atomic mass is 16.5. The fraction of sp³-hybridized carbons (Fsp3) is 0.455. The van der Waals surface area contributed by atoms with Gasteiger partial charge < -0.3 is 9.72 Å². The molecule has 0 aromatic carbocycles. The van der Waals surface area contributed by atoms with Gasteiger partial charge in [0.25, 0.3) is 0 Å². The number of ether oxygens (including phenoxy) is 1. The quantitative estimate of drug-likeness (QED) is 0.806. The second-order valence-electron chi connectivity index (χ2n) is 4.01. The summed E-state index contributed by atoms with van der Waals surface area (Å²) in [5, 5.41) is 7.25. The SMILES string of the molecule is c1c[nH]c(-c2n[nH]c(C3CCOCC3)n2)c1. The Morgan fingerprint density at radius 1 is 1.31 bits per heavy atom. The summed E-state index contributed by atoms with van der Waals surface area (Å²) in [6.45, 7) is 1.65. The Bertz CT molecular complexity index is 442. The van der Waals surface area contributed by atoms with Crippen LogP contribution in [0.3, 0.4) is 0 Å². The maximum absolute atomic E-state index is 5.33. The highest BCUT2D eigenvalue weighted by molar-refractivity contribution is 5.48. The molecule has 5 heteroatoms. The molecule has 5 nitrogen and oxygen atoms in total. The Balaban J connectivity index is 1.82. The molecular formula is C11H14N4O. The minimum absolute atomic E-state index is 0.463. The topological polar surface area (TPSA) is 66.6 Å². The van der Waals surface area contributed by atoms with Crippen molar-refractivity contribution in [2.75, 3.05) is 13.2 Å². The number of hydrogen-bond donors (Lipinski definition) is 2. The molecule has 84 valence electrons. The van der Waals surface area contributed by atoms with Gasteiger partial charge in [0.1, 0.15) is 5.82 Å². The number of aromatic nitrogens is 4. The Labute approximate surface area is 93.2 Å². The Morgan fingerprint density at radius 2 is 2.19 bits per heavy atom. The molecule has 1 aliphatic heterocycles. The lowest BCUT2D eigenvalue weighted by Crippen LogP contribution is -2.15. The van der Waals surface area contributed by atoms with Gasteiger partial charge in [-0.3, -0.25) is 5.10 Å². The van der Waals surface area contributed by atoms with Crippen LogP contribution in [0, 0.1) is 0 Å². The molecule has 0 amide bonds. The van der Waals surface area contributed by atoms with E-state index in [1.165, 1.54) is 0 Å². The Kier molecular flexibility index (Phi) is 2.46. The molecule has 0 radical (unpaired) electrons. The van der Waals surface area contributed by atoms with Crippen molar-refractivity contribution < 1.29 is 4.74 Å². The first-order valence-corrected chi connectivity index (χ1v) is 5.57.